The highest BCUT2D eigenvalue weighted by atomic mass is 14.6. The van der Waals surface area contributed by atoms with Gasteiger partial charge in [-0.05, 0) is 24.0 Å². The lowest BCUT2D eigenvalue weighted by Crippen LogP contribution is -2.50. The predicted octanol–water partition coefficient (Wildman–Crippen LogP) is 4.45. The summed E-state index contributed by atoms with van der Waals surface area (Å²) in [5, 5.41) is 30.1. The van der Waals surface area contributed by atoms with Crippen LogP contribution >= 0.6 is 0 Å². The van der Waals surface area contributed by atoms with E-state index in [0.717, 1.165) is 24.0 Å². The first-order valence-electron chi connectivity index (χ1n) is 8.08. The second kappa shape index (κ2) is 6.19. The molecule has 1 fully saturated rings. The van der Waals surface area contributed by atoms with Crippen molar-refractivity contribution in [3.8, 4) is 18.2 Å². The highest BCUT2D eigenvalue weighted by Gasteiger charge is 2.61. The Balaban J connectivity index is 2.32. The molecule has 0 heterocycles. The maximum atomic E-state index is 10.3. The van der Waals surface area contributed by atoms with Gasteiger partial charge >= 0.3 is 0 Å². The average molecular weight is 311 g/mol. The van der Waals surface area contributed by atoms with Crippen molar-refractivity contribution in [2.75, 3.05) is 0 Å². The van der Waals surface area contributed by atoms with Crippen LogP contribution in [0.25, 0.3) is 0 Å². The first kappa shape index (κ1) is 15.8. The molecular weight excluding hydrogens is 294 g/mol. The van der Waals surface area contributed by atoms with Crippen molar-refractivity contribution < 1.29 is 0 Å². The Morgan fingerprint density at radius 1 is 0.792 bits per heavy atom. The molecule has 2 aromatic rings. The lowest BCUT2D eigenvalue weighted by Gasteiger charge is -2.47. The molecule has 2 aromatic carbocycles. The van der Waals surface area contributed by atoms with Crippen molar-refractivity contribution in [1.29, 1.82) is 15.8 Å². The lowest BCUT2D eigenvalue weighted by molar-refractivity contribution is 0.190. The minimum atomic E-state index is -1.35. The maximum absolute atomic E-state index is 10.3. The van der Waals surface area contributed by atoms with Gasteiger partial charge in [0.15, 0.2) is 5.41 Å². The summed E-state index contributed by atoms with van der Waals surface area (Å²) in [6.45, 7) is 0. The Morgan fingerprint density at radius 2 is 1.38 bits per heavy atom. The summed E-state index contributed by atoms with van der Waals surface area (Å²) in [4.78, 5) is 0. The van der Waals surface area contributed by atoms with Gasteiger partial charge < -0.3 is 0 Å². The normalized spacial score (nSPS) is 25.0. The van der Waals surface area contributed by atoms with E-state index >= 15 is 0 Å². The molecule has 3 nitrogen and oxygen atoms in total. The summed E-state index contributed by atoms with van der Waals surface area (Å²) >= 11 is 0. The number of rotatable bonds is 2. The van der Waals surface area contributed by atoms with Gasteiger partial charge in [0.25, 0.3) is 0 Å². The van der Waals surface area contributed by atoms with Crippen LogP contribution in [-0.4, -0.2) is 0 Å². The maximum Gasteiger partial charge on any atom is 0.166 e. The van der Waals surface area contributed by atoms with Gasteiger partial charge in [0, 0.05) is 5.92 Å². The minimum Gasteiger partial charge on any atom is -0.197 e. The van der Waals surface area contributed by atoms with E-state index in [1.54, 1.807) is 0 Å². The number of nitriles is 3. The fourth-order valence-electron chi connectivity index (χ4n) is 4.08. The predicted molar refractivity (Wildman–Crippen MR) is 90.4 cm³/mol. The van der Waals surface area contributed by atoms with E-state index < -0.39 is 10.8 Å². The lowest BCUT2D eigenvalue weighted by atomic mass is 9.49. The van der Waals surface area contributed by atoms with Crippen LogP contribution in [-0.2, 0) is 5.41 Å². The SMILES string of the molecule is N#CC1(C#N)CCCC(c2ccccc2)C1(C#N)c1ccccc1. The second-order valence-electron chi connectivity index (χ2n) is 6.27. The van der Waals surface area contributed by atoms with E-state index in [9.17, 15) is 15.8 Å². The molecule has 116 valence electrons. The molecule has 0 N–H and O–H groups in total. The summed E-state index contributed by atoms with van der Waals surface area (Å²) in [7, 11) is 0. The number of benzene rings is 2. The average Bonchev–Trinajstić information content (AvgIpc) is 2.68. The van der Waals surface area contributed by atoms with Crippen LogP contribution in [0.2, 0.25) is 0 Å². The summed E-state index contributed by atoms with van der Waals surface area (Å²) in [5.41, 5.74) is -0.749. The number of hydrogen-bond donors (Lipinski definition) is 0. The van der Waals surface area contributed by atoms with Crippen LogP contribution in [0.5, 0.6) is 0 Å². The van der Waals surface area contributed by atoms with E-state index in [1.165, 1.54) is 0 Å². The fraction of sp³-hybridized carbons (Fsp3) is 0.286. The van der Waals surface area contributed by atoms with E-state index in [1.807, 2.05) is 60.7 Å². The quantitative estimate of drug-likeness (QED) is 0.822. The van der Waals surface area contributed by atoms with Crippen LogP contribution in [0.15, 0.2) is 60.7 Å². The zero-order valence-corrected chi connectivity index (χ0v) is 13.3. The van der Waals surface area contributed by atoms with Gasteiger partial charge in [-0.1, -0.05) is 67.1 Å². The summed E-state index contributed by atoms with van der Waals surface area (Å²) in [6, 6.07) is 26.0. The Kier molecular flexibility index (Phi) is 4.07. The molecule has 0 aliphatic heterocycles. The molecule has 0 bridgehead atoms. The van der Waals surface area contributed by atoms with E-state index in [2.05, 4.69) is 18.2 Å². The van der Waals surface area contributed by atoms with Gasteiger partial charge in [0.1, 0.15) is 5.41 Å². The molecular formula is C21H17N3. The monoisotopic (exact) mass is 311 g/mol. The van der Waals surface area contributed by atoms with Crippen LogP contribution in [0.3, 0.4) is 0 Å². The largest absolute Gasteiger partial charge is 0.197 e. The highest BCUT2D eigenvalue weighted by Crippen LogP contribution is 2.58. The molecule has 0 amide bonds. The molecule has 2 unspecified atom stereocenters. The number of nitrogens with zero attached hydrogens (tertiary/aromatic N) is 3. The Bertz CT molecular complexity index is 823. The van der Waals surface area contributed by atoms with Gasteiger partial charge in [-0.2, -0.15) is 15.8 Å². The summed E-state index contributed by atoms with van der Waals surface area (Å²) in [5.74, 6) is -0.181. The third-order valence-corrected chi connectivity index (χ3v) is 5.23. The molecule has 1 saturated carbocycles. The minimum absolute atomic E-state index is 0.181. The first-order chi connectivity index (χ1) is 11.7. The smallest absolute Gasteiger partial charge is 0.166 e. The summed E-state index contributed by atoms with van der Waals surface area (Å²) in [6.07, 6.45) is 1.97. The Hall–Kier alpha value is -3.09. The molecule has 0 saturated heterocycles. The van der Waals surface area contributed by atoms with Crippen molar-refractivity contribution in [3.63, 3.8) is 0 Å². The standard InChI is InChI=1S/C21H17N3/c22-14-20(15-23)13-7-12-19(17-8-3-1-4-9-17)21(20,16-24)18-10-5-2-6-11-18/h1-6,8-11,19H,7,12-13H2. The zero-order valence-electron chi connectivity index (χ0n) is 13.3. The van der Waals surface area contributed by atoms with Gasteiger partial charge in [-0.3, -0.25) is 0 Å². The summed E-state index contributed by atoms with van der Waals surface area (Å²) < 4.78 is 0. The number of hydrogen-bond acceptors (Lipinski definition) is 3. The molecule has 0 aromatic heterocycles. The van der Waals surface area contributed by atoms with Gasteiger partial charge in [0.2, 0.25) is 0 Å². The molecule has 24 heavy (non-hydrogen) atoms. The van der Waals surface area contributed by atoms with Crippen molar-refractivity contribution >= 4 is 0 Å². The highest BCUT2D eigenvalue weighted by molar-refractivity contribution is 5.49. The topological polar surface area (TPSA) is 71.4 Å². The van der Waals surface area contributed by atoms with Gasteiger partial charge in [0.05, 0.1) is 18.2 Å². The molecule has 0 spiro atoms. The van der Waals surface area contributed by atoms with Crippen LogP contribution in [0.1, 0.15) is 36.3 Å². The molecule has 1 aliphatic rings. The van der Waals surface area contributed by atoms with Crippen LogP contribution < -0.4 is 0 Å². The van der Waals surface area contributed by atoms with Crippen molar-refractivity contribution in [2.24, 2.45) is 5.41 Å². The zero-order chi connectivity index (χ0) is 17.0. The van der Waals surface area contributed by atoms with Crippen LogP contribution in [0, 0.1) is 39.4 Å². The van der Waals surface area contributed by atoms with Crippen LogP contribution in [0.4, 0.5) is 0 Å². The van der Waals surface area contributed by atoms with Gasteiger partial charge in [-0.15, -0.1) is 0 Å². The first-order valence-corrected chi connectivity index (χ1v) is 8.08. The van der Waals surface area contributed by atoms with E-state index in [4.69, 9.17) is 0 Å². The third kappa shape index (κ3) is 2.09. The van der Waals surface area contributed by atoms with Gasteiger partial charge in [-0.25, -0.2) is 0 Å². The molecule has 3 heteroatoms. The molecule has 1 aliphatic carbocycles. The van der Waals surface area contributed by atoms with E-state index in [0.29, 0.717) is 6.42 Å². The van der Waals surface area contributed by atoms with Crippen molar-refractivity contribution in [1.82, 2.24) is 0 Å². The molecule has 3 rings (SSSR count). The Morgan fingerprint density at radius 3 is 1.92 bits per heavy atom. The van der Waals surface area contributed by atoms with E-state index in [-0.39, 0.29) is 5.92 Å². The van der Waals surface area contributed by atoms with Crippen molar-refractivity contribution in [2.45, 2.75) is 30.6 Å². The molecule has 0 radical (unpaired) electrons. The fourth-order valence-corrected chi connectivity index (χ4v) is 4.08. The Labute approximate surface area is 142 Å². The third-order valence-electron chi connectivity index (χ3n) is 5.23. The van der Waals surface area contributed by atoms with Crippen molar-refractivity contribution in [3.05, 3.63) is 71.8 Å². The molecule has 2 atom stereocenters. The second-order valence-corrected chi connectivity index (χ2v) is 6.27.